The zero-order chi connectivity index (χ0) is 77.4. The molecular formula is C87H144O17P2. The molecule has 0 bridgehead atoms. The lowest BCUT2D eigenvalue weighted by molar-refractivity contribution is -0.161. The van der Waals surface area contributed by atoms with Crippen molar-refractivity contribution in [2.24, 2.45) is 0 Å². The maximum absolute atomic E-state index is 13.1. The number of carbonyl (C=O) groups excluding carboxylic acids is 4. The SMILES string of the molecule is CC/C=C\C/C=C\C/C=C\C/C=C\C/C=C\C/C=C\CCC(=O)OCC(COP(=O)(O)OCC(O)COP(=O)(O)OCC(COC(=O)CCCCCCC/C=C\C/C=C\C/C=C\CC)OC(=O)CCCCCCC/C=C\CCCCCCCC)OC(=O)CCCCCCCCC/C=C\C/C=C\C/C=C\CC. The van der Waals surface area contributed by atoms with Crippen LogP contribution < -0.4 is 0 Å². The van der Waals surface area contributed by atoms with Crippen molar-refractivity contribution in [3.8, 4) is 0 Å². The number of esters is 4. The van der Waals surface area contributed by atoms with Crippen LogP contribution in [0.1, 0.15) is 310 Å². The van der Waals surface area contributed by atoms with Gasteiger partial charge in [0.1, 0.15) is 19.3 Å². The first-order valence-electron chi connectivity index (χ1n) is 40.7. The number of hydrogen-bond donors (Lipinski definition) is 3. The van der Waals surface area contributed by atoms with Crippen molar-refractivity contribution in [3.05, 3.63) is 158 Å². The van der Waals surface area contributed by atoms with E-state index in [0.717, 1.165) is 186 Å². The van der Waals surface area contributed by atoms with Gasteiger partial charge in [0, 0.05) is 25.7 Å². The van der Waals surface area contributed by atoms with Gasteiger partial charge in [0.05, 0.1) is 26.4 Å². The number of aliphatic hydroxyl groups is 1. The van der Waals surface area contributed by atoms with E-state index in [1.54, 1.807) is 0 Å². The molecule has 0 rings (SSSR count). The van der Waals surface area contributed by atoms with E-state index >= 15 is 0 Å². The zero-order valence-electron chi connectivity index (χ0n) is 66.1. The Balaban J connectivity index is 5.47. The molecule has 604 valence electrons. The number of phosphoric ester groups is 2. The largest absolute Gasteiger partial charge is 0.472 e. The molecule has 0 fully saturated rings. The molecular weight excluding hydrogens is 1380 g/mol. The molecule has 0 spiro atoms. The Morgan fingerprint density at radius 3 is 0.821 bits per heavy atom. The highest BCUT2D eigenvalue weighted by Gasteiger charge is 2.30. The van der Waals surface area contributed by atoms with Crippen LogP contribution in [-0.4, -0.2) is 96.7 Å². The molecule has 0 aliphatic heterocycles. The van der Waals surface area contributed by atoms with Crippen LogP contribution >= 0.6 is 15.6 Å². The Morgan fingerprint density at radius 2 is 0.509 bits per heavy atom. The van der Waals surface area contributed by atoms with E-state index in [0.29, 0.717) is 32.1 Å². The second-order valence-corrected chi connectivity index (χ2v) is 29.5. The summed E-state index contributed by atoms with van der Waals surface area (Å²) < 4.78 is 68.6. The summed E-state index contributed by atoms with van der Waals surface area (Å²) >= 11 is 0. The van der Waals surface area contributed by atoms with Gasteiger partial charge in [0.25, 0.3) is 0 Å². The van der Waals surface area contributed by atoms with Crippen molar-refractivity contribution >= 4 is 39.5 Å². The Hall–Kier alpha value is -5.32. The Morgan fingerprint density at radius 1 is 0.274 bits per heavy atom. The fourth-order valence-electron chi connectivity index (χ4n) is 10.4. The van der Waals surface area contributed by atoms with E-state index in [4.69, 9.17) is 37.0 Å². The van der Waals surface area contributed by atoms with E-state index < -0.39 is 97.5 Å². The minimum atomic E-state index is -5.01. The average Bonchev–Trinajstić information content (AvgIpc) is 0.902. The fraction of sp³-hybridized carbons (Fsp3) is 0.655. The van der Waals surface area contributed by atoms with Gasteiger partial charge in [-0.05, 0) is 154 Å². The van der Waals surface area contributed by atoms with Crippen LogP contribution in [-0.2, 0) is 65.4 Å². The lowest BCUT2D eigenvalue weighted by Gasteiger charge is -2.21. The molecule has 0 aliphatic carbocycles. The molecule has 17 nitrogen and oxygen atoms in total. The molecule has 0 radical (unpaired) electrons. The van der Waals surface area contributed by atoms with E-state index in [2.05, 4.69) is 167 Å². The van der Waals surface area contributed by atoms with E-state index in [1.165, 1.54) is 38.5 Å². The lowest BCUT2D eigenvalue weighted by Crippen LogP contribution is -2.30. The normalized spacial score (nSPS) is 14.7. The minimum absolute atomic E-state index is 0.0288. The maximum atomic E-state index is 13.1. The van der Waals surface area contributed by atoms with Gasteiger partial charge in [-0.1, -0.05) is 288 Å². The highest BCUT2D eigenvalue weighted by Crippen LogP contribution is 2.45. The predicted molar refractivity (Wildman–Crippen MR) is 436 cm³/mol. The van der Waals surface area contributed by atoms with E-state index in [9.17, 15) is 43.2 Å². The van der Waals surface area contributed by atoms with Crippen LogP contribution in [0.15, 0.2) is 158 Å². The van der Waals surface area contributed by atoms with Crippen LogP contribution in [0.25, 0.3) is 0 Å². The topological polar surface area (TPSA) is 237 Å². The van der Waals surface area contributed by atoms with Gasteiger partial charge in [-0.15, -0.1) is 0 Å². The Kier molecular flexibility index (Phi) is 73.9. The first kappa shape index (κ1) is 101. The van der Waals surface area contributed by atoms with Crippen molar-refractivity contribution in [1.29, 1.82) is 0 Å². The van der Waals surface area contributed by atoms with Crippen molar-refractivity contribution in [3.63, 3.8) is 0 Å². The van der Waals surface area contributed by atoms with Gasteiger partial charge in [0.15, 0.2) is 12.2 Å². The third-order valence-electron chi connectivity index (χ3n) is 16.5. The molecule has 3 N–H and O–H groups in total. The first-order chi connectivity index (χ1) is 51.7. The molecule has 0 aliphatic rings. The number of allylic oxidation sites excluding steroid dienone is 26. The number of aliphatic hydroxyl groups excluding tert-OH is 1. The Bertz CT molecular complexity index is 2630. The molecule has 0 saturated heterocycles. The summed E-state index contributed by atoms with van der Waals surface area (Å²) in [4.78, 5) is 73.1. The summed E-state index contributed by atoms with van der Waals surface area (Å²) in [6.45, 7) is 4.42. The molecule has 0 heterocycles. The summed E-state index contributed by atoms with van der Waals surface area (Å²) in [7, 11) is -10.00. The summed E-state index contributed by atoms with van der Waals surface area (Å²) in [5.41, 5.74) is 0. The summed E-state index contributed by atoms with van der Waals surface area (Å²) in [5.74, 6) is -2.31. The lowest BCUT2D eigenvalue weighted by atomic mass is 10.1. The summed E-state index contributed by atoms with van der Waals surface area (Å²) in [6.07, 6.45) is 90.9. The van der Waals surface area contributed by atoms with Gasteiger partial charge in [-0.2, -0.15) is 0 Å². The number of hydrogen-bond acceptors (Lipinski definition) is 15. The number of ether oxygens (including phenoxy) is 4. The molecule has 19 heteroatoms. The van der Waals surface area contributed by atoms with Crippen LogP contribution in [0.5, 0.6) is 0 Å². The number of rotatable bonds is 75. The van der Waals surface area contributed by atoms with Gasteiger partial charge in [-0.3, -0.25) is 37.3 Å². The van der Waals surface area contributed by atoms with Crippen LogP contribution in [0.3, 0.4) is 0 Å². The maximum Gasteiger partial charge on any atom is 0.472 e. The molecule has 0 aromatic rings. The van der Waals surface area contributed by atoms with Gasteiger partial charge in [-0.25, -0.2) is 9.13 Å². The van der Waals surface area contributed by atoms with Crippen LogP contribution in [0, 0.1) is 0 Å². The monoisotopic (exact) mass is 1520 g/mol. The summed E-state index contributed by atoms with van der Waals surface area (Å²) in [6, 6.07) is 0. The molecule has 5 atom stereocenters. The third-order valence-corrected chi connectivity index (χ3v) is 18.4. The average molecular weight is 1520 g/mol. The number of unbranched alkanes of at least 4 members (excludes halogenated alkanes) is 23. The van der Waals surface area contributed by atoms with Crippen molar-refractivity contribution in [2.75, 3.05) is 39.6 Å². The quantitative estimate of drug-likeness (QED) is 0.0169. The predicted octanol–water partition coefficient (Wildman–Crippen LogP) is 24.0. The molecule has 0 aromatic carbocycles. The highest BCUT2D eigenvalue weighted by molar-refractivity contribution is 7.47. The molecule has 0 amide bonds. The second kappa shape index (κ2) is 77.8. The van der Waals surface area contributed by atoms with Gasteiger partial charge >= 0.3 is 39.5 Å². The van der Waals surface area contributed by atoms with E-state index in [1.807, 2.05) is 18.2 Å². The molecule has 0 aromatic heterocycles. The first-order valence-corrected chi connectivity index (χ1v) is 43.7. The summed E-state index contributed by atoms with van der Waals surface area (Å²) in [5, 5.41) is 10.7. The molecule has 0 saturated carbocycles. The van der Waals surface area contributed by atoms with Crippen molar-refractivity contribution in [2.45, 2.75) is 329 Å². The minimum Gasteiger partial charge on any atom is -0.462 e. The number of phosphoric acid groups is 2. The third kappa shape index (κ3) is 76.9. The second-order valence-electron chi connectivity index (χ2n) is 26.6. The van der Waals surface area contributed by atoms with Crippen molar-refractivity contribution in [1.82, 2.24) is 0 Å². The molecule has 5 unspecified atom stereocenters. The fourth-order valence-corrected chi connectivity index (χ4v) is 12.0. The van der Waals surface area contributed by atoms with E-state index in [-0.39, 0.29) is 25.7 Å². The highest BCUT2D eigenvalue weighted by atomic mass is 31.2. The standard InChI is InChI=1S/C87H144O17P2/c1-5-9-13-17-21-25-29-33-37-39-40-42-45-48-52-56-60-64-68-72-85(90)98-78-83(104-87(92)74-70-66-62-58-54-50-46-41-38-34-30-26-22-18-14-10-6-2)80-102-106(95,96)100-76-81(88)75-99-105(93,94)101-79-82(103-86(91)73-69-65-61-57-53-49-44-36-32-28-24-20-16-12-8-4)77-97-84(89)71-67-63-59-55-51-47-43-35-31-27-23-19-15-11-7-3/h9-11,13-15,21-23,25-27,33-38,40,42-44,48,52,60,64,81-83,88H,5-8,12,16-20,24,28-32,39,41,45-47,49-51,53-59,61-63,65-80H2,1-4H3,(H,93,94)(H,95,96)/b13-9-,14-10-,15-11-,25-21-,26-22-,27-23-,37-33-,38-34-,42-40-,43-35-,44-36-,52-48-,64-60-. The Labute approximate surface area is 642 Å². The number of carbonyl (C=O) groups is 4. The van der Waals surface area contributed by atoms with Crippen LogP contribution in [0.2, 0.25) is 0 Å². The van der Waals surface area contributed by atoms with Gasteiger partial charge in [0.2, 0.25) is 0 Å². The smallest absolute Gasteiger partial charge is 0.462 e. The zero-order valence-corrected chi connectivity index (χ0v) is 67.8. The van der Waals surface area contributed by atoms with Crippen molar-refractivity contribution < 1.29 is 80.2 Å². The van der Waals surface area contributed by atoms with Crippen LogP contribution in [0.4, 0.5) is 0 Å². The van der Waals surface area contributed by atoms with Gasteiger partial charge < -0.3 is 33.8 Å². The molecule has 106 heavy (non-hydrogen) atoms.